The van der Waals surface area contributed by atoms with E-state index in [1.54, 1.807) is 12.1 Å². The summed E-state index contributed by atoms with van der Waals surface area (Å²) in [5.74, 6) is -0.160. The summed E-state index contributed by atoms with van der Waals surface area (Å²) in [7, 11) is 4.19. The Kier molecular flexibility index (Phi) is 4.72. The second kappa shape index (κ2) is 6.30. The first-order valence-corrected chi connectivity index (χ1v) is 6.82. The van der Waals surface area contributed by atoms with Gasteiger partial charge in [0.25, 0.3) is 0 Å². The molecule has 1 aromatic carbocycles. The van der Waals surface area contributed by atoms with Crippen molar-refractivity contribution >= 4 is 0 Å². The van der Waals surface area contributed by atoms with Gasteiger partial charge in [0, 0.05) is 12.1 Å². The van der Waals surface area contributed by atoms with Crippen molar-refractivity contribution in [3.8, 4) is 0 Å². The number of nitrogens with zero attached hydrogens (tertiary/aromatic N) is 1. The highest BCUT2D eigenvalue weighted by atomic mass is 19.1. The van der Waals surface area contributed by atoms with Crippen molar-refractivity contribution in [3.05, 3.63) is 35.6 Å². The SMILES string of the molecule is CN(C)C(CC1CCCCN1)c1ccc(F)cc1. The maximum absolute atomic E-state index is 13.0. The lowest BCUT2D eigenvalue weighted by Crippen LogP contribution is -2.37. The predicted molar refractivity (Wildman–Crippen MR) is 73.1 cm³/mol. The largest absolute Gasteiger partial charge is 0.314 e. The van der Waals surface area contributed by atoms with Crippen LogP contribution in [0.15, 0.2) is 24.3 Å². The second-order valence-corrected chi connectivity index (χ2v) is 5.41. The van der Waals surface area contributed by atoms with Crippen LogP contribution in [0.25, 0.3) is 0 Å². The standard InChI is InChI=1S/C15H23FN2/c1-18(2)15(11-14-5-3-4-10-17-14)12-6-8-13(16)9-7-12/h6-9,14-15,17H,3-5,10-11H2,1-2H3. The lowest BCUT2D eigenvalue weighted by Gasteiger charge is -2.31. The highest BCUT2D eigenvalue weighted by Gasteiger charge is 2.21. The fourth-order valence-electron chi connectivity index (χ4n) is 2.72. The summed E-state index contributed by atoms with van der Waals surface area (Å²) >= 11 is 0. The number of nitrogens with one attached hydrogen (secondary N) is 1. The molecular weight excluding hydrogens is 227 g/mol. The van der Waals surface area contributed by atoms with Crippen LogP contribution < -0.4 is 5.32 Å². The molecule has 1 N–H and O–H groups in total. The van der Waals surface area contributed by atoms with Gasteiger partial charge in [-0.3, -0.25) is 0 Å². The van der Waals surface area contributed by atoms with Crippen LogP contribution in [-0.2, 0) is 0 Å². The van der Waals surface area contributed by atoms with Gasteiger partial charge in [0.2, 0.25) is 0 Å². The Labute approximate surface area is 109 Å². The minimum absolute atomic E-state index is 0.160. The summed E-state index contributed by atoms with van der Waals surface area (Å²) in [5.41, 5.74) is 1.20. The molecule has 1 saturated heterocycles. The fraction of sp³-hybridized carbons (Fsp3) is 0.600. The van der Waals surface area contributed by atoms with Crippen molar-refractivity contribution in [1.29, 1.82) is 0 Å². The summed E-state index contributed by atoms with van der Waals surface area (Å²) in [6, 6.07) is 7.88. The molecule has 0 aromatic heterocycles. The molecule has 100 valence electrons. The average Bonchev–Trinajstić information content (AvgIpc) is 2.38. The zero-order valence-electron chi connectivity index (χ0n) is 11.3. The molecular formula is C15H23FN2. The minimum Gasteiger partial charge on any atom is -0.314 e. The lowest BCUT2D eigenvalue weighted by atomic mass is 9.93. The molecule has 2 unspecified atom stereocenters. The molecule has 1 aliphatic rings. The van der Waals surface area contributed by atoms with E-state index in [2.05, 4.69) is 24.3 Å². The van der Waals surface area contributed by atoms with Crippen LogP contribution in [0.5, 0.6) is 0 Å². The predicted octanol–water partition coefficient (Wildman–Crippen LogP) is 2.96. The van der Waals surface area contributed by atoms with E-state index in [-0.39, 0.29) is 5.82 Å². The molecule has 3 heteroatoms. The number of piperidine rings is 1. The van der Waals surface area contributed by atoms with E-state index in [0.717, 1.165) is 13.0 Å². The first-order valence-electron chi connectivity index (χ1n) is 6.82. The third-order valence-corrected chi connectivity index (χ3v) is 3.80. The zero-order chi connectivity index (χ0) is 13.0. The normalized spacial score (nSPS) is 22.1. The van der Waals surface area contributed by atoms with Gasteiger partial charge in [-0.15, -0.1) is 0 Å². The number of hydrogen-bond acceptors (Lipinski definition) is 2. The molecule has 1 aromatic rings. The molecule has 0 bridgehead atoms. The smallest absolute Gasteiger partial charge is 0.123 e. The Bertz CT molecular complexity index is 355. The summed E-state index contributed by atoms with van der Waals surface area (Å²) in [6.45, 7) is 1.13. The van der Waals surface area contributed by atoms with Crippen molar-refractivity contribution < 1.29 is 4.39 Å². The highest BCUT2D eigenvalue weighted by Crippen LogP contribution is 2.26. The van der Waals surface area contributed by atoms with Gasteiger partial charge in [-0.25, -0.2) is 4.39 Å². The molecule has 0 saturated carbocycles. The topological polar surface area (TPSA) is 15.3 Å². The number of halogens is 1. The van der Waals surface area contributed by atoms with Gasteiger partial charge in [-0.1, -0.05) is 18.6 Å². The number of benzene rings is 1. The zero-order valence-corrected chi connectivity index (χ0v) is 11.3. The van der Waals surface area contributed by atoms with Crippen LogP contribution in [0.4, 0.5) is 4.39 Å². The molecule has 2 rings (SSSR count). The van der Waals surface area contributed by atoms with Gasteiger partial charge in [0.1, 0.15) is 5.82 Å². The molecule has 1 heterocycles. The van der Waals surface area contributed by atoms with Crippen LogP contribution >= 0.6 is 0 Å². The Balaban J connectivity index is 2.05. The first-order chi connectivity index (χ1) is 8.66. The third-order valence-electron chi connectivity index (χ3n) is 3.80. The molecule has 0 aliphatic carbocycles. The maximum atomic E-state index is 13.0. The Morgan fingerprint density at radius 3 is 2.56 bits per heavy atom. The van der Waals surface area contributed by atoms with E-state index in [1.165, 1.54) is 24.8 Å². The van der Waals surface area contributed by atoms with Gasteiger partial charge in [0.15, 0.2) is 0 Å². The first kappa shape index (κ1) is 13.5. The Hall–Kier alpha value is -0.930. The van der Waals surface area contributed by atoms with Gasteiger partial charge in [-0.05, 0) is 57.6 Å². The second-order valence-electron chi connectivity index (χ2n) is 5.41. The molecule has 18 heavy (non-hydrogen) atoms. The van der Waals surface area contributed by atoms with Crippen molar-refractivity contribution in [2.75, 3.05) is 20.6 Å². The van der Waals surface area contributed by atoms with Crippen molar-refractivity contribution in [3.63, 3.8) is 0 Å². The molecule has 0 spiro atoms. The summed E-state index contributed by atoms with van der Waals surface area (Å²) in [6.07, 6.45) is 4.96. The average molecular weight is 250 g/mol. The lowest BCUT2D eigenvalue weighted by molar-refractivity contribution is 0.240. The van der Waals surface area contributed by atoms with E-state index in [9.17, 15) is 4.39 Å². The van der Waals surface area contributed by atoms with E-state index in [1.807, 2.05) is 12.1 Å². The molecule has 1 fully saturated rings. The molecule has 1 aliphatic heterocycles. The van der Waals surface area contributed by atoms with Crippen LogP contribution in [0.2, 0.25) is 0 Å². The summed E-state index contributed by atoms with van der Waals surface area (Å²) in [4.78, 5) is 2.23. The fourth-order valence-corrected chi connectivity index (χ4v) is 2.72. The van der Waals surface area contributed by atoms with Crippen molar-refractivity contribution in [2.24, 2.45) is 0 Å². The molecule has 0 amide bonds. The molecule has 0 radical (unpaired) electrons. The summed E-state index contributed by atoms with van der Waals surface area (Å²) in [5, 5.41) is 3.58. The van der Waals surface area contributed by atoms with Gasteiger partial charge in [0.05, 0.1) is 0 Å². The molecule has 2 atom stereocenters. The van der Waals surface area contributed by atoms with Crippen LogP contribution in [0.1, 0.15) is 37.3 Å². The van der Waals surface area contributed by atoms with Crippen LogP contribution in [0, 0.1) is 5.82 Å². The van der Waals surface area contributed by atoms with Gasteiger partial charge < -0.3 is 10.2 Å². The Morgan fingerprint density at radius 2 is 2.00 bits per heavy atom. The molecule has 2 nitrogen and oxygen atoms in total. The Morgan fingerprint density at radius 1 is 1.28 bits per heavy atom. The highest BCUT2D eigenvalue weighted by molar-refractivity contribution is 5.20. The number of rotatable bonds is 4. The third kappa shape index (κ3) is 3.53. The van der Waals surface area contributed by atoms with E-state index in [0.29, 0.717) is 12.1 Å². The monoisotopic (exact) mass is 250 g/mol. The van der Waals surface area contributed by atoms with E-state index >= 15 is 0 Å². The van der Waals surface area contributed by atoms with Crippen LogP contribution in [0.3, 0.4) is 0 Å². The van der Waals surface area contributed by atoms with Gasteiger partial charge in [-0.2, -0.15) is 0 Å². The minimum atomic E-state index is -0.160. The van der Waals surface area contributed by atoms with Crippen LogP contribution in [-0.4, -0.2) is 31.6 Å². The van der Waals surface area contributed by atoms with Gasteiger partial charge >= 0.3 is 0 Å². The van der Waals surface area contributed by atoms with Crippen molar-refractivity contribution in [2.45, 2.75) is 37.8 Å². The van der Waals surface area contributed by atoms with Crippen molar-refractivity contribution in [1.82, 2.24) is 10.2 Å². The maximum Gasteiger partial charge on any atom is 0.123 e. The summed E-state index contributed by atoms with van der Waals surface area (Å²) < 4.78 is 13.0. The number of hydrogen-bond donors (Lipinski definition) is 1. The van der Waals surface area contributed by atoms with E-state index < -0.39 is 0 Å². The quantitative estimate of drug-likeness (QED) is 0.884. The van der Waals surface area contributed by atoms with E-state index in [4.69, 9.17) is 0 Å².